The molecule has 0 aliphatic heterocycles. The lowest BCUT2D eigenvalue weighted by atomic mass is 9.85. The summed E-state index contributed by atoms with van der Waals surface area (Å²) in [6.45, 7) is 0. The van der Waals surface area contributed by atoms with Crippen LogP contribution in [0.15, 0.2) is 121 Å². The van der Waals surface area contributed by atoms with Crippen LogP contribution in [-0.2, 0) is 0 Å². The Morgan fingerprint density at radius 1 is 0.605 bits per heavy atom. The van der Waals surface area contributed by atoms with Crippen molar-refractivity contribution in [3.8, 4) is 34.1 Å². The van der Waals surface area contributed by atoms with Gasteiger partial charge >= 0.3 is 0 Å². The Bertz CT molecular complexity index is 1820. The van der Waals surface area contributed by atoms with Gasteiger partial charge in [-0.3, -0.25) is 4.79 Å². The summed E-state index contributed by atoms with van der Waals surface area (Å²) < 4.78 is 5.92. The van der Waals surface area contributed by atoms with E-state index in [-0.39, 0.29) is 5.78 Å². The summed E-state index contributed by atoms with van der Waals surface area (Å²) in [6, 6.07) is 38.8. The van der Waals surface area contributed by atoms with E-state index in [9.17, 15) is 4.79 Å². The van der Waals surface area contributed by atoms with Crippen LogP contribution < -0.4 is 10.1 Å². The molecule has 6 aromatic rings. The van der Waals surface area contributed by atoms with Crippen molar-refractivity contribution in [2.24, 2.45) is 0 Å². The first kappa shape index (κ1) is 21.9. The summed E-state index contributed by atoms with van der Waals surface area (Å²) in [6.07, 6.45) is 0. The monoisotopic (exact) mass is 491 g/mol. The van der Waals surface area contributed by atoms with Crippen molar-refractivity contribution < 1.29 is 9.53 Å². The maximum Gasteiger partial charge on any atom is 0.196 e. The molecule has 0 fully saturated rings. The van der Waals surface area contributed by atoms with Crippen molar-refractivity contribution in [3.63, 3.8) is 0 Å². The number of aromatic nitrogens is 2. The molecule has 0 unspecified atom stereocenters. The second-order valence-electron chi connectivity index (χ2n) is 9.08. The van der Waals surface area contributed by atoms with E-state index >= 15 is 0 Å². The van der Waals surface area contributed by atoms with Gasteiger partial charge in [0.25, 0.3) is 0 Å². The van der Waals surface area contributed by atoms with E-state index in [0.717, 1.165) is 44.9 Å². The number of hydrogen-bond donors (Lipinski definition) is 1. The summed E-state index contributed by atoms with van der Waals surface area (Å²) in [5.74, 6) is 2.11. The van der Waals surface area contributed by atoms with E-state index in [0.29, 0.717) is 22.6 Å². The van der Waals surface area contributed by atoms with Crippen LogP contribution in [0.1, 0.15) is 15.9 Å². The molecule has 1 N–H and O–H groups in total. The van der Waals surface area contributed by atoms with Crippen molar-refractivity contribution in [3.05, 3.63) is 132 Å². The van der Waals surface area contributed by atoms with Crippen molar-refractivity contribution in [1.82, 2.24) is 9.97 Å². The number of para-hydroxylation sites is 1. The van der Waals surface area contributed by atoms with Crippen LogP contribution >= 0.6 is 0 Å². The first-order chi connectivity index (χ1) is 18.7. The smallest absolute Gasteiger partial charge is 0.196 e. The maximum atomic E-state index is 13.8. The summed E-state index contributed by atoms with van der Waals surface area (Å²) in [5, 5.41) is 4.21. The molecule has 7 rings (SSSR count). The Balaban J connectivity index is 1.32. The zero-order valence-electron chi connectivity index (χ0n) is 20.3. The predicted molar refractivity (Wildman–Crippen MR) is 150 cm³/mol. The second-order valence-corrected chi connectivity index (χ2v) is 9.08. The van der Waals surface area contributed by atoms with E-state index in [1.54, 1.807) is 0 Å². The highest BCUT2D eigenvalue weighted by atomic mass is 16.5. The fourth-order valence-electron chi connectivity index (χ4n) is 4.89. The van der Waals surface area contributed by atoms with E-state index in [2.05, 4.69) is 5.32 Å². The quantitative estimate of drug-likeness (QED) is 0.264. The predicted octanol–water partition coefficient (Wildman–Crippen LogP) is 8.04. The molecule has 5 nitrogen and oxygen atoms in total. The standard InChI is InChI=1S/C33H21N3O2/c37-32-26-14-8-7-13-25(26)31-29-27(35-33(36-31)21-9-3-1-4-10-21)19-20-28(30(29)32)34-22-15-17-24(18-16-22)38-23-11-5-2-6-12-23/h1-20,34H. The van der Waals surface area contributed by atoms with Crippen LogP contribution in [0.25, 0.3) is 33.5 Å². The SMILES string of the molecule is O=C1c2ccccc2-c2nc(-c3ccccc3)nc3ccc(Nc4ccc(Oc5ccccc5)cc4)c1c23. The Morgan fingerprint density at radius 3 is 2.03 bits per heavy atom. The number of rotatable bonds is 5. The minimum Gasteiger partial charge on any atom is -0.457 e. The number of nitrogens with one attached hydrogen (secondary N) is 1. The number of fused-ring (bicyclic) bond motifs is 2. The minimum atomic E-state index is -0.0405. The zero-order valence-corrected chi connectivity index (χ0v) is 20.3. The van der Waals surface area contributed by atoms with Gasteiger partial charge in [0, 0.05) is 27.8 Å². The van der Waals surface area contributed by atoms with Crippen LogP contribution in [0, 0.1) is 0 Å². The van der Waals surface area contributed by atoms with E-state index in [4.69, 9.17) is 14.7 Å². The Labute approximate surface area is 219 Å². The molecule has 0 radical (unpaired) electrons. The zero-order chi connectivity index (χ0) is 25.5. The lowest BCUT2D eigenvalue weighted by Crippen LogP contribution is -2.14. The topological polar surface area (TPSA) is 64.1 Å². The van der Waals surface area contributed by atoms with Gasteiger partial charge in [-0.25, -0.2) is 9.97 Å². The molecule has 0 bridgehead atoms. The highest BCUT2D eigenvalue weighted by Crippen LogP contribution is 2.42. The van der Waals surface area contributed by atoms with Gasteiger partial charge in [0.1, 0.15) is 11.5 Å². The molecule has 1 aliphatic carbocycles. The van der Waals surface area contributed by atoms with Crippen molar-refractivity contribution in [2.45, 2.75) is 0 Å². The van der Waals surface area contributed by atoms with Crippen LogP contribution in [0.3, 0.4) is 0 Å². The average Bonchev–Trinajstić information content (AvgIpc) is 2.98. The minimum absolute atomic E-state index is 0.0405. The van der Waals surface area contributed by atoms with Crippen molar-refractivity contribution >= 4 is 28.1 Å². The Hall–Kier alpha value is -5.29. The first-order valence-corrected chi connectivity index (χ1v) is 12.4. The van der Waals surface area contributed by atoms with Crippen LogP contribution in [-0.4, -0.2) is 15.8 Å². The maximum absolute atomic E-state index is 13.8. The number of ketones is 1. The summed E-state index contributed by atoms with van der Waals surface area (Å²) in [7, 11) is 0. The van der Waals surface area contributed by atoms with E-state index in [1.807, 2.05) is 121 Å². The molecule has 1 aromatic heterocycles. The number of ether oxygens (including phenoxy) is 1. The fraction of sp³-hybridized carbons (Fsp3) is 0. The van der Waals surface area contributed by atoms with Gasteiger partial charge < -0.3 is 10.1 Å². The van der Waals surface area contributed by atoms with E-state index < -0.39 is 0 Å². The molecular formula is C33H21N3O2. The number of anilines is 2. The molecule has 0 amide bonds. The van der Waals surface area contributed by atoms with Gasteiger partial charge in [0.15, 0.2) is 11.6 Å². The van der Waals surface area contributed by atoms with Gasteiger partial charge in [-0.1, -0.05) is 72.8 Å². The third-order valence-corrected chi connectivity index (χ3v) is 6.66. The Kier molecular flexibility index (Phi) is 5.19. The molecule has 38 heavy (non-hydrogen) atoms. The first-order valence-electron chi connectivity index (χ1n) is 12.4. The molecule has 1 aliphatic rings. The summed E-state index contributed by atoms with van der Waals surface area (Å²) >= 11 is 0. The van der Waals surface area contributed by atoms with Crippen molar-refractivity contribution in [1.29, 1.82) is 0 Å². The highest BCUT2D eigenvalue weighted by Gasteiger charge is 2.30. The van der Waals surface area contributed by atoms with Crippen LogP contribution in [0.2, 0.25) is 0 Å². The van der Waals surface area contributed by atoms with Gasteiger partial charge in [-0.15, -0.1) is 0 Å². The molecule has 0 saturated carbocycles. The van der Waals surface area contributed by atoms with Gasteiger partial charge in [-0.05, 0) is 48.5 Å². The summed E-state index contributed by atoms with van der Waals surface area (Å²) in [4.78, 5) is 23.6. The van der Waals surface area contributed by atoms with E-state index in [1.165, 1.54) is 0 Å². The molecule has 5 heteroatoms. The molecule has 0 saturated heterocycles. The fourth-order valence-corrected chi connectivity index (χ4v) is 4.89. The van der Waals surface area contributed by atoms with Gasteiger partial charge in [0.2, 0.25) is 0 Å². The number of nitrogens with zero attached hydrogens (tertiary/aromatic N) is 2. The number of hydrogen-bond acceptors (Lipinski definition) is 5. The van der Waals surface area contributed by atoms with Crippen molar-refractivity contribution in [2.75, 3.05) is 5.32 Å². The van der Waals surface area contributed by atoms with Crippen LogP contribution in [0.5, 0.6) is 11.5 Å². The number of carbonyl (C=O) groups is 1. The molecule has 1 heterocycles. The van der Waals surface area contributed by atoms with Gasteiger partial charge in [0.05, 0.1) is 22.5 Å². The average molecular weight is 492 g/mol. The number of carbonyl (C=O) groups excluding carboxylic acids is 1. The lowest BCUT2D eigenvalue weighted by Gasteiger charge is -2.22. The molecule has 180 valence electrons. The number of benzene rings is 5. The van der Waals surface area contributed by atoms with Gasteiger partial charge in [-0.2, -0.15) is 0 Å². The summed E-state index contributed by atoms with van der Waals surface area (Å²) in [5.41, 5.74) is 6.05. The normalized spacial score (nSPS) is 11.7. The second kappa shape index (κ2) is 8.98. The molecule has 5 aromatic carbocycles. The molecular weight excluding hydrogens is 470 g/mol. The third kappa shape index (κ3) is 3.78. The van der Waals surface area contributed by atoms with Crippen LogP contribution in [0.4, 0.5) is 11.4 Å². The Morgan fingerprint density at radius 2 is 1.26 bits per heavy atom. The third-order valence-electron chi connectivity index (χ3n) is 6.66. The largest absolute Gasteiger partial charge is 0.457 e. The molecule has 0 atom stereocenters. The highest BCUT2D eigenvalue weighted by molar-refractivity contribution is 6.27. The lowest BCUT2D eigenvalue weighted by molar-refractivity contribution is 0.104. The molecule has 0 spiro atoms.